The van der Waals surface area contributed by atoms with Crippen LogP contribution in [0.3, 0.4) is 0 Å². The van der Waals surface area contributed by atoms with Gasteiger partial charge in [-0.1, -0.05) is 41.0 Å². The van der Waals surface area contributed by atoms with E-state index in [9.17, 15) is 0 Å². The van der Waals surface area contributed by atoms with Crippen LogP contribution in [0.4, 0.5) is 0 Å². The van der Waals surface area contributed by atoms with Gasteiger partial charge in [-0.25, -0.2) is 0 Å². The van der Waals surface area contributed by atoms with Gasteiger partial charge in [0.1, 0.15) is 0 Å². The normalized spacial score (nSPS) is 26.2. The van der Waals surface area contributed by atoms with Crippen LogP contribution in [-0.4, -0.2) is 12.1 Å². The van der Waals surface area contributed by atoms with E-state index < -0.39 is 0 Å². The second-order valence-electron chi connectivity index (χ2n) is 6.64. The highest BCUT2D eigenvalue weighted by atomic mass is 15.0. The highest BCUT2D eigenvalue weighted by Gasteiger charge is 2.26. The first-order chi connectivity index (χ1) is 7.49. The van der Waals surface area contributed by atoms with Gasteiger partial charge < -0.3 is 5.32 Å². The molecule has 1 fully saturated rings. The van der Waals surface area contributed by atoms with Gasteiger partial charge in [-0.2, -0.15) is 0 Å². The van der Waals surface area contributed by atoms with E-state index in [1.54, 1.807) is 0 Å². The molecule has 2 atom stereocenters. The topological polar surface area (TPSA) is 12.0 Å². The number of hydrogen-bond donors (Lipinski definition) is 1. The van der Waals surface area contributed by atoms with Crippen molar-refractivity contribution in [2.75, 3.05) is 0 Å². The van der Waals surface area contributed by atoms with Crippen molar-refractivity contribution in [3.8, 4) is 0 Å². The van der Waals surface area contributed by atoms with Crippen molar-refractivity contribution in [1.29, 1.82) is 0 Å². The summed E-state index contributed by atoms with van der Waals surface area (Å²) in [5.74, 6) is 2.52. The van der Waals surface area contributed by atoms with Crippen LogP contribution in [-0.2, 0) is 0 Å². The lowest BCUT2D eigenvalue weighted by Gasteiger charge is -2.28. The lowest BCUT2D eigenvalue weighted by atomic mass is 9.94. The minimum atomic E-state index is 0.741. The lowest BCUT2D eigenvalue weighted by Crippen LogP contribution is -2.41. The maximum absolute atomic E-state index is 3.93. The molecule has 0 amide bonds. The highest BCUT2D eigenvalue weighted by molar-refractivity contribution is 4.84. The van der Waals surface area contributed by atoms with Crippen LogP contribution in [0, 0.1) is 17.8 Å². The SMILES string of the molecule is CC(C)CC(CC(C)C)NC1CCCC1C. The van der Waals surface area contributed by atoms with Crippen LogP contribution in [0.25, 0.3) is 0 Å². The van der Waals surface area contributed by atoms with Crippen LogP contribution in [0.1, 0.15) is 66.7 Å². The van der Waals surface area contributed by atoms with Gasteiger partial charge in [0.05, 0.1) is 0 Å². The fourth-order valence-electron chi connectivity index (χ4n) is 3.07. The Bertz CT molecular complexity index is 176. The molecule has 16 heavy (non-hydrogen) atoms. The van der Waals surface area contributed by atoms with Gasteiger partial charge in [0.15, 0.2) is 0 Å². The molecule has 1 N–H and O–H groups in total. The second kappa shape index (κ2) is 6.64. The zero-order chi connectivity index (χ0) is 12.1. The summed E-state index contributed by atoms with van der Waals surface area (Å²) in [7, 11) is 0. The molecule has 0 radical (unpaired) electrons. The average molecular weight is 225 g/mol. The number of hydrogen-bond acceptors (Lipinski definition) is 1. The Hall–Kier alpha value is -0.0400. The molecule has 0 aromatic heterocycles. The Morgan fingerprint density at radius 2 is 1.56 bits per heavy atom. The van der Waals surface area contributed by atoms with E-state index >= 15 is 0 Å². The number of nitrogens with one attached hydrogen (secondary N) is 1. The van der Waals surface area contributed by atoms with E-state index in [-0.39, 0.29) is 0 Å². The Kier molecular flexibility index (Phi) is 5.82. The molecule has 0 aromatic carbocycles. The van der Waals surface area contributed by atoms with E-state index in [2.05, 4.69) is 39.9 Å². The Morgan fingerprint density at radius 1 is 1.00 bits per heavy atom. The third kappa shape index (κ3) is 4.86. The molecule has 0 aliphatic heterocycles. The van der Waals surface area contributed by atoms with E-state index in [0.717, 1.165) is 29.8 Å². The Morgan fingerprint density at radius 3 is 1.94 bits per heavy atom. The Balaban J connectivity index is 2.41. The van der Waals surface area contributed by atoms with Crippen molar-refractivity contribution in [3.05, 3.63) is 0 Å². The second-order valence-corrected chi connectivity index (χ2v) is 6.64. The summed E-state index contributed by atoms with van der Waals surface area (Å²) in [5.41, 5.74) is 0. The molecule has 0 spiro atoms. The summed E-state index contributed by atoms with van der Waals surface area (Å²) in [6.07, 6.45) is 6.92. The summed E-state index contributed by atoms with van der Waals surface area (Å²) in [4.78, 5) is 0. The van der Waals surface area contributed by atoms with E-state index in [1.807, 2.05) is 0 Å². The minimum absolute atomic E-state index is 0.741. The van der Waals surface area contributed by atoms with Crippen molar-refractivity contribution in [2.24, 2.45) is 17.8 Å². The van der Waals surface area contributed by atoms with Crippen LogP contribution < -0.4 is 5.32 Å². The van der Waals surface area contributed by atoms with Gasteiger partial charge >= 0.3 is 0 Å². The Labute approximate surface area is 102 Å². The van der Waals surface area contributed by atoms with Crippen molar-refractivity contribution < 1.29 is 0 Å². The third-order valence-electron chi connectivity index (χ3n) is 3.82. The highest BCUT2D eigenvalue weighted by Crippen LogP contribution is 2.26. The van der Waals surface area contributed by atoms with Crippen LogP contribution in [0.2, 0.25) is 0 Å². The van der Waals surface area contributed by atoms with Gasteiger partial charge in [-0.05, 0) is 43.4 Å². The maximum atomic E-state index is 3.93. The fraction of sp³-hybridized carbons (Fsp3) is 1.00. The molecular formula is C15H31N. The van der Waals surface area contributed by atoms with Crippen molar-refractivity contribution >= 4 is 0 Å². The molecule has 0 bridgehead atoms. The summed E-state index contributed by atoms with van der Waals surface area (Å²) in [5, 5.41) is 3.93. The summed E-state index contributed by atoms with van der Waals surface area (Å²) < 4.78 is 0. The first-order valence-electron chi connectivity index (χ1n) is 7.25. The fourth-order valence-corrected chi connectivity index (χ4v) is 3.07. The molecule has 1 aliphatic rings. The molecule has 1 rings (SSSR count). The summed E-state index contributed by atoms with van der Waals surface area (Å²) in [6.45, 7) is 11.8. The third-order valence-corrected chi connectivity index (χ3v) is 3.82. The van der Waals surface area contributed by atoms with Crippen molar-refractivity contribution in [2.45, 2.75) is 78.8 Å². The quantitative estimate of drug-likeness (QED) is 0.713. The van der Waals surface area contributed by atoms with Gasteiger partial charge in [0.25, 0.3) is 0 Å². The summed E-state index contributed by atoms with van der Waals surface area (Å²) in [6, 6.07) is 1.54. The zero-order valence-electron chi connectivity index (χ0n) is 11.9. The molecule has 0 heterocycles. The predicted octanol–water partition coefficient (Wildman–Crippen LogP) is 4.23. The first-order valence-corrected chi connectivity index (χ1v) is 7.25. The molecule has 1 heteroatoms. The first kappa shape index (κ1) is 14.0. The molecule has 0 aromatic rings. The van der Waals surface area contributed by atoms with Gasteiger partial charge in [-0.3, -0.25) is 0 Å². The van der Waals surface area contributed by atoms with Crippen LogP contribution in [0.15, 0.2) is 0 Å². The molecule has 96 valence electrons. The molecule has 2 unspecified atom stereocenters. The summed E-state index contributed by atoms with van der Waals surface area (Å²) >= 11 is 0. The minimum Gasteiger partial charge on any atom is -0.311 e. The molecular weight excluding hydrogens is 194 g/mol. The van der Waals surface area contributed by atoms with E-state index in [0.29, 0.717) is 0 Å². The maximum Gasteiger partial charge on any atom is 0.00952 e. The number of rotatable bonds is 6. The smallest absolute Gasteiger partial charge is 0.00952 e. The largest absolute Gasteiger partial charge is 0.311 e. The van der Waals surface area contributed by atoms with E-state index in [4.69, 9.17) is 0 Å². The molecule has 1 saturated carbocycles. The van der Waals surface area contributed by atoms with E-state index in [1.165, 1.54) is 32.1 Å². The van der Waals surface area contributed by atoms with Gasteiger partial charge in [0.2, 0.25) is 0 Å². The molecule has 0 saturated heterocycles. The monoisotopic (exact) mass is 225 g/mol. The predicted molar refractivity (Wildman–Crippen MR) is 72.6 cm³/mol. The average Bonchev–Trinajstić information content (AvgIpc) is 2.49. The van der Waals surface area contributed by atoms with Crippen molar-refractivity contribution in [3.63, 3.8) is 0 Å². The molecule has 1 aliphatic carbocycles. The molecule has 1 nitrogen and oxygen atoms in total. The van der Waals surface area contributed by atoms with Gasteiger partial charge in [0, 0.05) is 12.1 Å². The lowest BCUT2D eigenvalue weighted by molar-refractivity contribution is 0.301. The van der Waals surface area contributed by atoms with Crippen LogP contribution in [0.5, 0.6) is 0 Å². The van der Waals surface area contributed by atoms with Crippen molar-refractivity contribution in [1.82, 2.24) is 5.32 Å². The van der Waals surface area contributed by atoms with Crippen LogP contribution >= 0.6 is 0 Å². The van der Waals surface area contributed by atoms with Gasteiger partial charge in [-0.15, -0.1) is 0 Å². The standard InChI is InChI=1S/C15H31N/c1-11(2)9-14(10-12(3)4)16-15-8-6-7-13(15)5/h11-16H,6-10H2,1-5H3. The zero-order valence-corrected chi connectivity index (χ0v) is 11.9.